The summed E-state index contributed by atoms with van der Waals surface area (Å²) in [5.74, 6) is 0.317. The number of carbonyl (C=O) groups excluding carboxylic acids is 1. The first kappa shape index (κ1) is 13.5. The number of pyridine rings is 1. The minimum Gasteiger partial charge on any atom is -0.496 e. The van der Waals surface area contributed by atoms with E-state index in [4.69, 9.17) is 4.74 Å². The normalized spacial score (nSPS) is 10.1. The molecule has 4 nitrogen and oxygen atoms in total. The zero-order valence-electron chi connectivity index (χ0n) is 10.6. The van der Waals surface area contributed by atoms with E-state index < -0.39 is 0 Å². The molecule has 1 aromatic carbocycles. The van der Waals surface area contributed by atoms with Crippen LogP contribution in [0, 0.1) is 6.92 Å². The highest BCUT2D eigenvalue weighted by molar-refractivity contribution is 9.10. The van der Waals surface area contributed by atoms with Gasteiger partial charge in [-0.15, -0.1) is 0 Å². The van der Waals surface area contributed by atoms with Gasteiger partial charge in [0.15, 0.2) is 0 Å². The maximum atomic E-state index is 12.3. The Balaban J connectivity index is 2.30. The van der Waals surface area contributed by atoms with E-state index in [-0.39, 0.29) is 5.91 Å². The van der Waals surface area contributed by atoms with Crippen LogP contribution in [-0.2, 0) is 0 Å². The zero-order chi connectivity index (χ0) is 13.8. The molecule has 1 heterocycles. The van der Waals surface area contributed by atoms with Crippen LogP contribution >= 0.6 is 15.9 Å². The molecule has 1 aromatic heterocycles. The summed E-state index contributed by atoms with van der Waals surface area (Å²) in [7, 11) is 1.54. The molecule has 1 N–H and O–H groups in total. The molecule has 0 radical (unpaired) electrons. The molecular weight excluding hydrogens is 308 g/mol. The average Bonchev–Trinajstić information content (AvgIpc) is 2.41. The van der Waals surface area contributed by atoms with Crippen molar-refractivity contribution in [2.45, 2.75) is 6.92 Å². The molecule has 0 atom stereocenters. The first-order valence-corrected chi connectivity index (χ1v) is 6.47. The molecule has 0 aliphatic carbocycles. The Morgan fingerprint density at radius 3 is 2.84 bits per heavy atom. The third-order valence-corrected chi connectivity index (χ3v) is 3.24. The van der Waals surface area contributed by atoms with Crippen LogP contribution in [0.5, 0.6) is 5.75 Å². The monoisotopic (exact) mass is 320 g/mol. The summed E-state index contributed by atoms with van der Waals surface area (Å²) < 4.78 is 5.79. The van der Waals surface area contributed by atoms with Gasteiger partial charge in [0.1, 0.15) is 10.4 Å². The second-order valence-electron chi connectivity index (χ2n) is 4.00. The fourth-order valence-corrected chi connectivity index (χ4v) is 2.02. The summed E-state index contributed by atoms with van der Waals surface area (Å²) in [4.78, 5) is 16.3. The summed E-state index contributed by atoms with van der Waals surface area (Å²) in [5, 5.41) is 2.80. The summed E-state index contributed by atoms with van der Waals surface area (Å²) in [6.45, 7) is 1.93. The lowest BCUT2D eigenvalue weighted by molar-refractivity contribution is 0.102. The summed E-state index contributed by atoms with van der Waals surface area (Å²) in [6.07, 6.45) is 1.65. The number of aromatic nitrogens is 1. The number of nitrogens with zero attached hydrogens (tertiary/aromatic N) is 1. The van der Waals surface area contributed by atoms with Crippen LogP contribution in [-0.4, -0.2) is 18.0 Å². The lowest BCUT2D eigenvalue weighted by Crippen LogP contribution is -2.14. The van der Waals surface area contributed by atoms with Gasteiger partial charge < -0.3 is 10.1 Å². The van der Waals surface area contributed by atoms with Crippen molar-refractivity contribution < 1.29 is 9.53 Å². The van der Waals surface area contributed by atoms with Crippen molar-refractivity contribution in [2.24, 2.45) is 0 Å². The van der Waals surface area contributed by atoms with Crippen molar-refractivity contribution in [1.29, 1.82) is 0 Å². The number of aryl methyl sites for hydroxylation is 1. The third-order valence-electron chi connectivity index (χ3n) is 2.61. The van der Waals surface area contributed by atoms with Gasteiger partial charge in [-0.2, -0.15) is 0 Å². The summed E-state index contributed by atoms with van der Waals surface area (Å²) in [5.41, 5.74) is 2.12. The minimum absolute atomic E-state index is 0.228. The van der Waals surface area contributed by atoms with Gasteiger partial charge in [0.05, 0.1) is 18.4 Å². The van der Waals surface area contributed by atoms with E-state index in [0.29, 0.717) is 21.6 Å². The van der Waals surface area contributed by atoms with Crippen LogP contribution in [0.1, 0.15) is 15.9 Å². The molecule has 0 aliphatic heterocycles. The highest BCUT2D eigenvalue weighted by Gasteiger charge is 2.13. The molecule has 0 fully saturated rings. The van der Waals surface area contributed by atoms with Crippen molar-refractivity contribution in [3.8, 4) is 5.75 Å². The Bertz CT molecular complexity index is 614. The molecule has 2 rings (SSSR count). The van der Waals surface area contributed by atoms with Crippen LogP contribution in [0.4, 0.5) is 5.69 Å². The van der Waals surface area contributed by atoms with Crippen molar-refractivity contribution in [3.05, 3.63) is 52.3 Å². The predicted octanol–water partition coefficient (Wildman–Crippen LogP) is 3.41. The Morgan fingerprint density at radius 1 is 1.37 bits per heavy atom. The van der Waals surface area contributed by atoms with Crippen molar-refractivity contribution >= 4 is 27.5 Å². The summed E-state index contributed by atoms with van der Waals surface area (Å²) >= 11 is 3.29. The second-order valence-corrected chi connectivity index (χ2v) is 4.75. The standard InChI is InChI=1S/C14H13BrN2O2/c1-9-5-6-12(19-2)10(8-9)14(18)17-11-4-3-7-16-13(11)15/h3-8H,1-2H3,(H,17,18). The lowest BCUT2D eigenvalue weighted by atomic mass is 10.1. The SMILES string of the molecule is COc1ccc(C)cc1C(=O)Nc1cccnc1Br. The second kappa shape index (κ2) is 5.84. The highest BCUT2D eigenvalue weighted by Crippen LogP contribution is 2.23. The molecule has 0 unspecified atom stereocenters. The lowest BCUT2D eigenvalue weighted by Gasteiger charge is -2.10. The number of anilines is 1. The molecule has 1 amide bonds. The summed E-state index contributed by atoms with van der Waals surface area (Å²) in [6, 6.07) is 9.00. The van der Waals surface area contributed by atoms with Gasteiger partial charge in [-0.1, -0.05) is 11.6 Å². The quantitative estimate of drug-likeness (QED) is 0.882. The molecule has 5 heteroatoms. The van der Waals surface area contributed by atoms with Gasteiger partial charge in [0.2, 0.25) is 0 Å². The molecule has 98 valence electrons. The number of halogens is 1. The van der Waals surface area contributed by atoms with Crippen LogP contribution in [0.2, 0.25) is 0 Å². The fourth-order valence-electron chi connectivity index (χ4n) is 1.67. The highest BCUT2D eigenvalue weighted by atomic mass is 79.9. The maximum absolute atomic E-state index is 12.3. The number of carbonyl (C=O) groups is 1. The number of nitrogens with one attached hydrogen (secondary N) is 1. The molecule has 0 saturated carbocycles. The maximum Gasteiger partial charge on any atom is 0.259 e. The van der Waals surface area contributed by atoms with E-state index >= 15 is 0 Å². The first-order valence-electron chi connectivity index (χ1n) is 5.68. The van der Waals surface area contributed by atoms with Gasteiger partial charge in [-0.25, -0.2) is 4.98 Å². The zero-order valence-corrected chi connectivity index (χ0v) is 12.2. The van der Waals surface area contributed by atoms with E-state index in [2.05, 4.69) is 26.2 Å². The molecule has 0 bridgehead atoms. The Labute approximate surface area is 119 Å². The van der Waals surface area contributed by atoms with Crippen LogP contribution in [0.3, 0.4) is 0 Å². The Kier molecular flexibility index (Phi) is 4.16. The smallest absolute Gasteiger partial charge is 0.259 e. The Morgan fingerprint density at radius 2 is 2.16 bits per heavy atom. The Hall–Kier alpha value is -1.88. The third kappa shape index (κ3) is 3.12. The van der Waals surface area contributed by atoms with Gasteiger partial charge in [-0.3, -0.25) is 4.79 Å². The van der Waals surface area contributed by atoms with E-state index in [0.717, 1.165) is 5.56 Å². The topological polar surface area (TPSA) is 51.2 Å². The van der Waals surface area contributed by atoms with E-state index in [1.165, 1.54) is 0 Å². The van der Waals surface area contributed by atoms with E-state index in [9.17, 15) is 4.79 Å². The van der Waals surface area contributed by atoms with Gasteiger partial charge in [0.25, 0.3) is 5.91 Å². The number of amides is 1. The first-order chi connectivity index (χ1) is 9.11. The molecule has 0 aliphatic rings. The molecule has 0 saturated heterocycles. The number of benzene rings is 1. The van der Waals surface area contributed by atoms with Crippen LogP contribution in [0.15, 0.2) is 41.1 Å². The van der Waals surface area contributed by atoms with Crippen molar-refractivity contribution in [1.82, 2.24) is 4.98 Å². The van der Waals surface area contributed by atoms with Crippen LogP contribution in [0.25, 0.3) is 0 Å². The number of methoxy groups -OCH3 is 1. The molecule has 19 heavy (non-hydrogen) atoms. The van der Waals surface area contributed by atoms with Crippen molar-refractivity contribution in [3.63, 3.8) is 0 Å². The molecular formula is C14H13BrN2O2. The number of ether oxygens (including phenoxy) is 1. The average molecular weight is 321 g/mol. The van der Waals surface area contributed by atoms with E-state index in [1.807, 2.05) is 13.0 Å². The number of hydrogen-bond acceptors (Lipinski definition) is 3. The van der Waals surface area contributed by atoms with Gasteiger partial charge in [-0.05, 0) is 47.1 Å². The van der Waals surface area contributed by atoms with Gasteiger partial charge in [0, 0.05) is 6.20 Å². The molecule has 2 aromatic rings. The number of rotatable bonds is 3. The van der Waals surface area contributed by atoms with E-state index in [1.54, 1.807) is 37.6 Å². The minimum atomic E-state index is -0.228. The van der Waals surface area contributed by atoms with Crippen molar-refractivity contribution in [2.75, 3.05) is 12.4 Å². The van der Waals surface area contributed by atoms with Gasteiger partial charge >= 0.3 is 0 Å². The number of hydrogen-bond donors (Lipinski definition) is 1. The predicted molar refractivity (Wildman–Crippen MR) is 77.6 cm³/mol. The van der Waals surface area contributed by atoms with Crippen LogP contribution < -0.4 is 10.1 Å². The largest absolute Gasteiger partial charge is 0.496 e. The molecule has 0 spiro atoms. The fraction of sp³-hybridized carbons (Fsp3) is 0.143.